The smallest absolute Gasteiger partial charge is 0.410 e. The number of hydrogen-bond acceptors (Lipinski definition) is 6. The fraction of sp³-hybridized carbons (Fsp3) is 0.286. The van der Waals surface area contributed by atoms with Gasteiger partial charge >= 0.3 is 6.09 Å². The van der Waals surface area contributed by atoms with Crippen LogP contribution in [0.3, 0.4) is 0 Å². The van der Waals surface area contributed by atoms with Crippen molar-refractivity contribution in [3.63, 3.8) is 0 Å². The molecule has 1 N–H and O–H groups in total. The second-order valence-corrected chi connectivity index (χ2v) is 10.5. The van der Waals surface area contributed by atoms with Gasteiger partial charge in [-0.3, -0.25) is 4.79 Å². The Morgan fingerprint density at radius 2 is 1.68 bits per heavy atom. The predicted molar refractivity (Wildman–Crippen MR) is 148 cm³/mol. The lowest BCUT2D eigenvalue weighted by Crippen LogP contribution is -2.50. The van der Waals surface area contributed by atoms with E-state index in [1.165, 1.54) is 0 Å². The average Bonchev–Trinajstić information content (AvgIpc) is 3.32. The highest BCUT2D eigenvalue weighted by molar-refractivity contribution is 6.30. The van der Waals surface area contributed by atoms with Crippen LogP contribution in [0.4, 0.5) is 16.2 Å². The number of ether oxygens (including phenoxy) is 1. The number of benzene rings is 2. The number of hydrogen-bond donors (Lipinski definition) is 1. The summed E-state index contributed by atoms with van der Waals surface area (Å²) in [6.07, 6.45) is 3.14. The number of aromatic nitrogens is 3. The molecule has 196 valence electrons. The lowest BCUT2D eigenvalue weighted by atomic mass is 10.1. The lowest BCUT2D eigenvalue weighted by molar-refractivity contribution is 0.0240. The molecule has 2 amide bonds. The van der Waals surface area contributed by atoms with Crippen molar-refractivity contribution in [1.82, 2.24) is 19.5 Å². The molecule has 0 spiro atoms. The first kappa shape index (κ1) is 25.5. The van der Waals surface area contributed by atoms with Gasteiger partial charge in [-0.25, -0.2) is 14.3 Å². The first-order chi connectivity index (χ1) is 18.2. The molecule has 2 aromatic carbocycles. The quantitative estimate of drug-likeness (QED) is 0.380. The van der Waals surface area contributed by atoms with Crippen LogP contribution in [0.15, 0.2) is 67.0 Å². The van der Waals surface area contributed by atoms with Gasteiger partial charge in [-0.15, -0.1) is 0 Å². The average molecular weight is 533 g/mol. The number of amides is 2. The molecule has 38 heavy (non-hydrogen) atoms. The van der Waals surface area contributed by atoms with E-state index >= 15 is 0 Å². The van der Waals surface area contributed by atoms with E-state index in [1.54, 1.807) is 40.0 Å². The van der Waals surface area contributed by atoms with Gasteiger partial charge < -0.3 is 19.9 Å². The van der Waals surface area contributed by atoms with Crippen molar-refractivity contribution >= 4 is 40.6 Å². The van der Waals surface area contributed by atoms with Crippen molar-refractivity contribution < 1.29 is 14.3 Å². The van der Waals surface area contributed by atoms with Gasteiger partial charge in [-0.1, -0.05) is 35.9 Å². The summed E-state index contributed by atoms with van der Waals surface area (Å²) in [4.78, 5) is 34.2. The Kier molecular flexibility index (Phi) is 6.94. The number of para-hydroxylation sites is 2. The van der Waals surface area contributed by atoms with Crippen LogP contribution in [0.25, 0.3) is 16.8 Å². The van der Waals surface area contributed by atoms with E-state index < -0.39 is 5.60 Å². The molecule has 0 aliphatic carbocycles. The van der Waals surface area contributed by atoms with Crippen molar-refractivity contribution in [3.8, 4) is 11.1 Å². The molecule has 0 atom stereocenters. The van der Waals surface area contributed by atoms with E-state index in [4.69, 9.17) is 16.3 Å². The molecule has 1 aliphatic rings. The molecule has 1 aliphatic heterocycles. The van der Waals surface area contributed by atoms with Crippen LogP contribution in [0.1, 0.15) is 31.3 Å². The Hall–Kier alpha value is -4.11. The van der Waals surface area contributed by atoms with E-state index in [9.17, 15) is 9.59 Å². The molecule has 2 aromatic heterocycles. The Bertz CT molecular complexity index is 1470. The van der Waals surface area contributed by atoms with Crippen molar-refractivity contribution in [2.24, 2.45) is 0 Å². The molecule has 1 saturated heterocycles. The van der Waals surface area contributed by atoms with Crippen LogP contribution in [0.2, 0.25) is 5.02 Å². The summed E-state index contributed by atoms with van der Waals surface area (Å²) in [5.41, 5.74) is 3.59. The van der Waals surface area contributed by atoms with Gasteiger partial charge in [-0.2, -0.15) is 5.10 Å². The first-order valence-electron chi connectivity index (χ1n) is 12.4. The molecule has 0 saturated carbocycles. The number of halogens is 1. The Morgan fingerprint density at radius 1 is 0.974 bits per heavy atom. The molecule has 9 nitrogen and oxygen atoms in total. The zero-order valence-electron chi connectivity index (χ0n) is 21.5. The molecule has 0 radical (unpaired) electrons. The van der Waals surface area contributed by atoms with Crippen molar-refractivity contribution in [2.45, 2.75) is 26.4 Å². The van der Waals surface area contributed by atoms with Gasteiger partial charge in [0.1, 0.15) is 11.3 Å². The van der Waals surface area contributed by atoms with E-state index in [2.05, 4.69) is 20.3 Å². The number of nitrogens with one attached hydrogen (secondary N) is 1. The minimum Gasteiger partial charge on any atom is -0.444 e. The molecule has 3 heterocycles. The Balaban J connectivity index is 1.32. The number of nitrogens with zero attached hydrogens (tertiary/aromatic N) is 5. The number of fused-ring (bicyclic) bond motifs is 1. The molecule has 4 aromatic rings. The monoisotopic (exact) mass is 532 g/mol. The molecule has 0 bridgehead atoms. The summed E-state index contributed by atoms with van der Waals surface area (Å²) in [5.74, 6) is -0.324. The Morgan fingerprint density at radius 3 is 2.39 bits per heavy atom. The minimum absolute atomic E-state index is 0.276. The summed E-state index contributed by atoms with van der Waals surface area (Å²) in [6, 6.07) is 16.7. The van der Waals surface area contributed by atoms with Gasteiger partial charge in [0.25, 0.3) is 5.91 Å². The minimum atomic E-state index is -0.533. The van der Waals surface area contributed by atoms with Crippen molar-refractivity contribution in [2.75, 3.05) is 36.4 Å². The second-order valence-electron chi connectivity index (χ2n) is 10.1. The summed E-state index contributed by atoms with van der Waals surface area (Å²) in [6.45, 7) is 7.88. The molecule has 0 unspecified atom stereocenters. The third-order valence-electron chi connectivity index (χ3n) is 6.18. The van der Waals surface area contributed by atoms with Gasteiger partial charge in [0.2, 0.25) is 0 Å². The molecule has 1 fully saturated rings. The summed E-state index contributed by atoms with van der Waals surface area (Å²) < 4.78 is 7.14. The van der Waals surface area contributed by atoms with Crippen molar-refractivity contribution in [3.05, 3.63) is 77.7 Å². The van der Waals surface area contributed by atoms with E-state index in [0.717, 1.165) is 16.8 Å². The number of carbonyl (C=O) groups excluding carboxylic acids is 2. The predicted octanol–water partition coefficient (Wildman–Crippen LogP) is 5.36. The maximum Gasteiger partial charge on any atom is 0.410 e. The van der Waals surface area contributed by atoms with Gasteiger partial charge in [0.05, 0.1) is 17.6 Å². The first-order valence-corrected chi connectivity index (χ1v) is 12.8. The third-order valence-corrected chi connectivity index (χ3v) is 6.43. The molecular weight excluding hydrogens is 504 g/mol. The van der Waals surface area contributed by atoms with E-state index in [0.29, 0.717) is 42.5 Å². The zero-order chi connectivity index (χ0) is 26.9. The van der Waals surface area contributed by atoms with Gasteiger partial charge in [0, 0.05) is 43.0 Å². The van der Waals surface area contributed by atoms with Crippen LogP contribution in [-0.4, -0.2) is 63.3 Å². The van der Waals surface area contributed by atoms with Crippen LogP contribution in [-0.2, 0) is 4.74 Å². The fourth-order valence-corrected chi connectivity index (χ4v) is 4.45. The molecule has 5 rings (SSSR count). The fourth-order valence-electron chi connectivity index (χ4n) is 4.33. The van der Waals surface area contributed by atoms with Gasteiger partial charge in [-0.05, 0) is 56.7 Å². The normalized spacial score (nSPS) is 14.0. The maximum absolute atomic E-state index is 13.3. The van der Waals surface area contributed by atoms with Crippen LogP contribution < -0.4 is 10.2 Å². The summed E-state index contributed by atoms with van der Waals surface area (Å²) in [5, 5.41) is 8.02. The largest absolute Gasteiger partial charge is 0.444 e. The summed E-state index contributed by atoms with van der Waals surface area (Å²) >= 11 is 6.03. The maximum atomic E-state index is 13.3. The number of rotatable bonds is 4. The highest BCUT2D eigenvalue weighted by Crippen LogP contribution is 2.28. The Labute approximate surface area is 226 Å². The van der Waals surface area contributed by atoms with Gasteiger partial charge in [0.15, 0.2) is 5.65 Å². The van der Waals surface area contributed by atoms with Crippen LogP contribution >= 0.6 is 11.6 Å². The second kappa shape index (κ2) is 10.3. The lowest BCUT2D eigenvalue weighted by Gasteiger charge is -2.37. The third kappa shape index (κ3) is 5.57. The highest BCUT2D eigenvalue weighted by Gasteiger charge is 2.27. The van der Waals surface area contributed by atoms with Crippen LogP contribution in [0.5, 0.6) is 0 Å². The molecular formula is C28H29ClN6O3. The highest BCUT2D eigenvalue weighted by atomic mass is 35.5. The number of piperazine rings is 1. The number of carbonyl (C=O) groups is 2. The zero-order valence-corrected chi connectivity index (χ0v) is 22.3. The van der Waals surface area contributed by atoms with E-state index in [-0.39, 0.29) is 17.7 Å². The number of anilines is 2. The van der Waals surface area contributed by atoms with Crippen molar-refractivity contribution in [1.29, 1.82) is 0 Å². The van der Waals surface area contributed by atoms with E-state index in [1.807, 2.05) is 57.2 Å². The topological polar surface area (TPSA) is 92.1 Å². The standard InChI is InChI=1S/C28H29ClN6O3/c1-28(2,3)38-27(37)34-16-14-33(15-17-34)24-7-5-4-6-22(24)32-26(36)23-12-13-35-25(31-23)21(18-30-35)19-8-10-20(29)11-9-19/h4-13,18H,14-17H2,1-3H3,(H,32,36). The summed E-state index contributed by atoms with van der Waals surface area (Å²) in [7, 11) is 0. The molecule has 10 heteroatoms. The SMILES string of the molecule is CC(C)(C)OC(=O)N1CCN(c2ccccc2NC(=O)c2ccn3ncc(-c4ccc(Cl)cc4)c3n2)CC1. The van der Waals surface area contributed by atoms with Crippen LogP contribution in [0, 0.1) is 0 Å².